The summed E-state index contributed by atoms with van der Waals surface area (Å²) in [5, 5.41) is 19.2. The molecule has 2 rings (SSSR count). The Kier molecular flexibility index (Phi) is 2.56. The fraction of sp³-hybridized carbons (Fsp3) is 0.364. The van der Waals surface area contributed by atoms with Crippen molar-refractivity contribution in [2.45, 2.75) is 24.3 Å². The average Bonchev–Trinajstić information content (AvgIpc) is 2.17. The van der Waals surface area contributed by atoms with E-state index >= 15 is 0 Å². The number of halogens is 1. The van der Waals surface area contributed by atoms with E-state index in [-0.39, 0.29) is 16.8 Å². The fourth-order valence-corrected chi connectivity index (χ4v) is 2.42. The van der Waals surface area contributed by atoms with Crippen LogP contribution in [0.15, 0.2) is 18.2 Å². The maximum atomic E-state index is 11.3. The van der Waals surface area contributed by atoms with Gasteiger partial charge in [0, 0.05) is 11.6 Å². The molecule has 1 saturated carbocycles. The van der Waals surface area contributed by atoms with Gasteiger partial charge < -0.3 is 15.9 Å². The molecule has 1 aliphatic rings. The zero-order chi connectivity index (χ0) is 11.9. The number of rotatable bonds is 2. The standard InChI is InChI=1S/C11H12ClNO3/c12-8-3-1-2-7(9(8)14)11(10(15)16)4-6(13)5-11/h1-3,6,14H,4-5,13H2,(H,15,16). The maximum absolute atomic E-state index is 11.3. The lowest BCUT2D eigenvalue weighted by Crippen LogP contribution is -2.54. The van der Waals surface area contributed by atoms with Gasteiger partial charge >= 0.3 is 5.97 Å². The lowest BCUT2D eigenvalue weighted by Gasteiger charge is -2.43. The van der Waals surface area contributed by atoms with Gasteiger partial charge in [0.05, 0.1) is 10.4 Å². The van der Waals surface area contributed by atoms with Crippen molar-refractivity contribution in [3.05, 3.63) is 28.8 Å². The number of benzene rings is 1. The van der Waals surface area contributed by atoms with Gasteiger partial charge in [0.1, 0.15) is 5.75 Å². The Labute approximate surface area is 97.6 Å². The molecular weight excluding hydrogens is 230 g/mol. The Morgan fingerprint density at radius 1 is 1.50 bits per heavy atom. The van der Waals surface area contributed by atoms with Crippen molar-refractivity contribution in [1.29, 1.82) is 0 Å². The molecule has 1 aliphatic carbocycles. The van der Waals surface area contributed by atoms with Gasteiger partial charge in [0.15, 0.2) is 0 Å². The monoisotopic (exact) mass is 241 g/mol. The molecule has 5 heteroatoms. The summed E-state index contributed by atoms with van der Waals surface area (Å²) < 4.78 is 0. The highest BCUT2D eigenvalue weighted by Crippen LogP contribution is 2.48. The van der Waals surface area contributed by atoms with Crippen LogP contribution in [0.4, 0.5) is 0 Å². The number of hydrogen-bond acceptors (Lipinski definition) is 3. The SMILES string of the molecule is NC1CC(C(=O)O)(c2cccc(Cl)c2O)C1. The topological polar surface area (TPSA) is 83.6 Å². The first-order valence-corrected chi connectivity index (χ1v) is 5.32. The van der Waals surface area contributed by atoms with E-state index in [1.54, 1.807) is 12.1 Å². The van der Waals surface area contributed by atoms with Crippen LogP contribution in [-0.2, 0) is 10.2 Å². The van der Waals surface area contributed by atoms with Crippen molar-refractivity contribution in [2.75, 3.05) is 0 Å². The van der Waals surface area contributed by atoms with Crippen LogP contribution in [0.25, 0.3) is 0 Å². The Balaban J connectivity index is 2.49. The summed E-state index contributed by atoms with van der Waals surface area (Å²) in [4.78, 5) is 11.3. The third-order valence-electron chi connectivity index (χ3n) is 3.13. The van der Waals surface area contributed by atoms with Crippen molar-refractivity contribution in [1.82, 2.24) is 0 Å². The lowest BCUT2D eigenvalue weighted by atomic mass is 9.61. The molecule has 0 aliphatic heterocycles. The van der Waals surface area contributed by atoms with Gasteiger partial charge in [-0.2, -0.15) is 0 Å². The van der Waals surface area contributed by atoms with Gasteiger partial charge in [0.25, 0.3) is 0 Å². The normalized spacial score (nSPS) is 28.5. The van der Waals surface area contributed by atoms with Crippen LogP contribution >= 0.6 is 11.6 Å². The summed E-state index contributed by atoms with van der Waals surface area (Å²) in [7, 11) is 0. The molecule has 1 aromatic rings. The second-order valence-corrected chi connectivity index (χ2v) is 4.60. The number of carbonyl (C=O) groups is 1. The van der Waals surface area contributed by atoms with Crippen LogP contribution in [-0.4, -0.2) is 22.2 Å². The van der Waals surface area contributed by atoms with Crippen LogP contribution in [0.1, 0.15) is 18.4 Å². The molecule has 0 heterocycles. The van der Waals surface area contributed by atoms with E-state index in [4.69, 9.17) is 17.3 Å². The van der Waals surface area contributed by atoms with E-state index in [1.807, 2.05) is 0 Å². The summed E-state index contributed by atoms with van der Waals surface area (Å²) in [6, 6.07) is 4.61. The van der Waals surface area contributed by atoms with E-state index in [2.05, 4.69) is 0 Å². The molecule has 86 valence electrons. The van der Waals surface area contributed by atoms with Crippen molar-refractivity contribution in [2.24, 2.45) is 5.73 Å². The van der Waals surface area contributed by atoms with E-state index in [1.165, 1.54) is 6.07 Å². The summed E-state index contributed by atoms with van der Waals surface area (Å²) in [5.41, 5.74) is 4.92. The third kappa shape index (κ3) is 1.45. The highest BCUT2D eigenvalue weighted by atomic mass is 35.5. The van der Waals surface area contributed by atoms with Crippen molar-refractivity contribution in [3.8, 4) is 5.75 Å². The molecule has 0 atom stereocenters. The molecule has 0 saturated heterocycles. The van der Waals surface area contributed by atoms with Crippen LogP contribution in [0, 0.1) is 0 Å². The van der Waals surface area contributed by atoms with Crippen molar-refractivity contribution in [3.63, 3.8) is 0 Å². The van der Waals surface area contributed by atoms with E-state index < -0.39 is 11.4 Å². The minimum atomic E-state index is -1.08. The summed E-state index contributed by atoms with van der Waals surface area (Å²) in [6.07, 6.45) is 0.659. The van der Waals surface area contributed by atoms with Crippen LogP contribution in [0.2, 0.25) is 5.02 Å². The van der Waals surface area contributed by atoms with E-state index in [9.17, 15) is 15.0 Å². The molecule has 0 amide bonds. The van der Waals surface area contributed by atoms with Crippen LogP contribution < -0.4 is 5.73 Å². The fourth-order valence-electron chi connectivity index (χ4n) is 2.25. The summed E-state index contributed by atoms with van der Waals surface area (Å²) in [6.45, 7) is 0. The van der Waals surface area contributed by atoms with Gasteiger partial charge in [0.2, 0.25) is 0 Å². The van der Waals surface area contributed by atoms with Gasteiger partial charge in [-0.15, -0.1) is 0 Å². The minimum Gasteiger partial charge on any atom is -0.506 e. The molecule has 0 radical (unpaired) electrons. The zero-order valence-corrected chi connectivity index (χ0v) is 9.24. The number of phenolic OH excluding ortho intramolecular Hbond substituents is 1. The van der Waals surface area contributed by atoms with E-state index in [0.717, 1.165) is 0 Å². The Morgan fingerprint density at radius 3 is 2.62 bits per heavy atom. The smallest absolute Gasteiger partial charge is 0.314 e. The maximum Gasteiger partial charge on any atom is 0.314 e. The molecule has 16 heavy (non-hydrogen) atoms. The van der Waals surface area contributed by atoms with Gasteiger partial charge in [-0.25, -0.2) is 0 Å². The number of hydrogen-bond donors (Lipinski definition) is 3. The average molecular weight is 242 g/mol. The first-order chi connectivity index (χ1) is 7.47. The zero-order valence-electron chi connectivity index (χ0n) is 8.48. The van der Waals surface area contributed by atoms with Gasteiger partial charge in [-0.05, 0) is 18.9 Å². The molecule has 4 nitrogen and oxygen atoms in total. The molecule has 0 bridgehead atoms. The van der Waals surface area contributed by atoms with Crippen LogP contribution in [0.3, 0.4) is 0 Å². The molecule has 1 aromatic carbocycles. The molecule has 0 spiro atoms. The summed E-state index contributed by atoms with van der Waals surface area (Å²) >= 11 is 5.77. The minimum absolute atomic E-state index is 0.130. The number of para-hydroxylation sites is 1. The number of nitrogens with two attached hydrogens (primary N) is 1. The highest BCUT2D eigenvalue weighted by Gasteiger charge is 2.52. The first-order valence-electron chi connectivity index (χ1n) is 4.94. The molecular formula is C11H12ClNO3. The lowest BCUT2D eigenvalue weighted by molar-refractivity contribution is -0.148. The van der Waals surface area contributed by atoms with Crippen molar-refractivity contribution < 1.29 is 15.0 Å². The Bertz CT molecular complexity index is 441. The second kappa shape index (κ2) is 3.64. The largest absolute Gasteiger partial charge is 0.506 e. The highest BCUT2D eigenvalue weighted by molar-refractivity contribution is 6.32. The number of carboxylic acid groups (broad SMARTS) is 1. The second-order valence-electron chi connectivity index (χ2n) is 4.19. The molecule has 4 N–H and O–H groups in total. The quantitative estimate of drug-likeness (QED) is 0.733. The Hall–Kier alpha value is -1.26. The van der Waals surface area contributed by atoms with Crippen molar-refractivity contribution >= 4 is 17.6 Å². The predicted molar refractivity (Wildman–Crippen MR) is 59.6 cm³/mol. The number of aromatic hydroxyl groups is 1. The van der Waals surface area contributed by atoms with Gasteiger partial charge in [-0.1, -0.05) is 23.7 Å². The van der Waals surface area contributed by atoms with Crippen LogP contribution in [0.5, 0.6) is 5.75 Å². The predicted octanol–water partition coefficient (Wildman–Crippen LogP) is 1.49. The number of carboxylic acids is 1. The molecule has 1 fully saturated rings. The first kappa shape index (κ1) is 11.2. The number of phenols is 1. The Morgan fingerprint density at radius 2 is 2.12 bits per heavy atom. The van der Waals surface area contributed by atoms with E-state index in [0.29, 0.717) is 18.4 Å². The number of aliphatic carboxylic acids is 1. The van der Waals surface area contributed by atoms with Gasteiger partial charge in [-0.3, -0.25) is 4.79 Å². The molecule has 0 unspecified atom stereocenters. The summed E-state index contributed by atoms with van der Waals surface area (Å²) in [5.74, 6) is -1.12. The molecule has 0 aromatic heterocycles. The third-order valence-corrected chi connectivity index (χ3v) is 3.44.